The molecule has 0 aromatic carbocycles. The van der Waals surface area contributed by atoms with Crippen molar-refractivity contribution in [2.45, 2.75) is 33.1 Å². The van der Waals surface area contributed by atoms with Gasteiger partial charge in [-0.25, -0.2) is 0 Å². The number of aliphatic imine (C=N–C) groups is 1. The van der Waals surface area contributed by atoms with Gasteiger partial charge in [0.05, 0.1) is 0 Å². The summed E-state index contributed by atoms with van der Waals surface area (Å²) in [4.78, 5) is 4.17. The number of unbranched alkanes of at least 4 members (excludes halogenated alkanes) is 1. The predicted octanol–water partition coefficient (Wildman–Crippen LogP) is 1.12. The van der Waals surface area contributed by atoms with Gasteiger partial charge in [0.2, 0.25) is 0 Å². The molecule has 0 bridgehead atoms. The SMILES string of the molecule is CCCCNC(N)=NCCCOCC. The summed E-state index contributed by atoms with van der Waals surface area (Å²) in [6.07, 6.45) is 3.24. The van der Waals surface area contributed by atoms with Crippen molar-refractivity contribution in [3.05, 3.63) is 0 Å². The highest BCUT2D eigenvalue weighted by Gasteiger charge is 1.90. The van der Waals surface area contributed by atoms with Crippen molar-refractivity contribution in [1.82, 2.24) is 5.32 Å². The quantitative estimate of drug-likeness (QED) is 0.351. The summed E-state index contributed by atoms with van der Waals surface area (Å²) in [7, 11) is 0. The Kier molecular flexibility index (Phi) is 9.74. The second kappa shape index (κ2) is 10.3. The lowest BCUT2D eigenvalue weighted by Crippen LogP contribution is -2.32. The van der Waals surface area contributed by atoms with Gasteiger partial charge in [0.1, 0.15) is 0 Å². The van der Waals surface area contributed by atoms with E-state index in [1.54, 1.807) is 0 Å². The lowest BCUT2D eigenvalue weighted by molar-refractivity contribution is 0.146. The van der Waals surface area contributed by atoms with Crippen LogP contribution >= 0.6 is 0 Å². The maximum absolute atomic E-state index is 5.63. The monoisotopic (exact) mass is 201 g/mol. The zero-order chi connectivity index (χ0) is 10.6. The molecule has 0 spiro atoms. The Bertz CT molecular complexity index is 148. The fraction of sp³-hybridized carbons (Fsp3) is 0.900. The number of guanidine groups is 1. The second-order valence-electron chi connectivity index (χ2n) is 3.10. The van der Waals surface area contributed by atoms with Crippen molar-refractivity contribution in [1.29, 1.82) is 0 Å². The van der Waals surface area contributed by atoms with Crippen LogP contribution in [0.1, 0.15) is 33.1 Å². The third-order valence-electron chi connectivity index (χ3n) is 1.77. The molecule has 0 aliphatic heterocycles. The Balaban J connectivity index is 3.27. The summed E-state index contributed by atoms with van der Waals surface area (Å²) < 4.78 is 5.18. The summed E-state index contributed by atoms with van der Waals surface area (Å²) in [5.41, 5.74) is 5.63. The standard InChI is InChI=1S/C10H23N3O/c1-3-5-7-12-10(11)13-8-6-9-14-4-2/h3-9H2,1-2H3,(H3,11,12,13). The fourth-order valence-corrected chi connectivity index (χ4v) is 0.960. The lowest BCUT2D eigenvalue weighted by atomic mass is 10.3. The highest BCUT2D eigenvalue weighted by atomic mass is 16.5. The normalized spacial score (nSPS) is 11.7. The number of hydrogen-bond donors (Lipinski definition) is 2. The second-order valence-corrected chi connectivity index (χ2v) is 3.10. The average Bonchev–Trinajstić information content (AvgIpc) is 2.18. The molecular formula is C10H23N3O. The number of nitrogens with one attached hydrogen (secondary N) is 1. The summed E-state index contributed by atoms with van der Waals surface area (Å²) in [5.74, 6) is 0.551. The molecule has 0 aliphatic rings. The number of nitrogens with zero attached hydrogens (tertiary/aromatic N) is 1. The minimum Gasteiger partial charge on any atom is -0.382 e. The summed E-state index contributed by atoms with van der Waals surface area (Å²) in [5, 5.41) is 3.06. The van der Waals surface area contributed by atoms with E-state index in [9.17, 15) is 0 Å². The first-order valence-corrected chi connectivity index (χ1v) is 5.42. The van der Waals surface area contributed by atoms with Crippen molar-refractivity contribution in [3.8, 4) is 0 Å². The third kappa shape index (κ3) is 9.32. The Morgan fingerprint density at radius 3 is 2.79 bits per heavy atom. The molecule has 3 N–H and O–H groups in total. The molecule has 0 amide bonds. The van der Waals surface area contributed by atoms with Crippen LogP contribution in [0, 0.1) is 0 Å². The van der Waals surface area contributed by atoms with Crippen molar-refractivity contribution in [3.63, 3.8) is 0 Å². The molecule has 0 aromatic rings. The van der Waals surface area contributed by atoms with E-state index in [4.69, 9.17) is 10.5 Å². The summed E-state index contributed by atoms with van der Waals surface area (Å²) in [6, 6.07) is 0. The lowest BCUT2D eigenvalue weighted by Gasteiger charge is -2.04. The van der Waals surface area contributed by atoms with E-state index in [-0.39, 0.29) is 0 Å². The van der Waals surface area contributed by atoms with Gasteiger partial charge >= 0.3 is 0 Å². The summed E-state index contributed by atoms with van der Waals surface area (Å²) >= 11 is 0. The molecule has 0 heterocycles. The maximum atomic E-state index is 5.63. The van der Waals surface area contributed by atoms with Crippen LogP contribution < -0.4 is 11.1 Å². The smallest absolute Gasteiger partial charge is 0.188 e. The van der Waals surface area contributed by atoms with Crippen LogP contribution in [0.25, 0.3) is 0 Å². The molecule has 0 aliphatic carbocycles. The van der Waals surface area contributed by atoms with E-state index in [0.717, 1.165) is 39.1 Å². The van der Waals surface area contributed by atoms with Crippen LogP contribution in [0.15, 0.2) is 4.99 Å². The van der Waals surface area contributed by atoms with Crippen LogP contribution in [-0.2, 0) is 4.74 Å². The van der Waals surface area contributed by atoms with E-state index in [0.29, 0.717) is 5.96 Å². The Morgan fingerprint density at radius 2 is 2.14 bits per heavy atom. The van der Waals surface area contributed by atoms with Crippen LogP contribution in [0.3, 0.4) is 0 Å². The first kappa shape index (κ1) is 13.2. The van der Waals surface area contributed by atoms with Gasteiger partial charge in [-0.2, -0.15) is 0 Å². The van der Waals surface area contributed by atoms with Gasteiger partial charge in [0, 0.05) is 26.3 Å². The van der Waals surface area contributed by atoms with E-state index >= 15 is 0 Å². The maximum Gasteiger partial charge on any atom is 0.188 e. The number of ether oxygens (including phenoxy) is 1. The van der Waals surface area contributed by atoms with E-state index < -0.39 is 0 Å². The van der Waals surface area contributed by atoms with Gasteiger partial charge in [-0.05, 0) is 19.8 Å². The average molecular weight is 201 g/mol. The Morgan fingerprint density at radius 1 is 1.36 bits per heavy atom. The molecule has 0 saturated carbocycles. The molecule has 0 atom stereocenters. The third-order valence-corrected chi connectivity index (χ3v) is 1.77. The van der Waals surface area contributed by atoms with Gasteiger partial charge in [0.15, 0.2) is 5.96 Å². The van der Waals surface area contributed by atoms with Gasteiger partial charge in [-0.3, -0.25) is 4.99 Å². The van der Waals surface area contributed by atoms with Crippen molar-refractivity contribution >= 4 is 5.96 Å². The highest BCUT2D eigenvalue weighted by molar-refractivity contribution is 5.77. The molecule has 0 radical (unpaired) electrons. The van der Waals surface area contributed by atoms with Gasteiger partial charge in [-0.15, -0.1) is 0 Å². The number of rotatable bonds is 8. The van der Waals surface area contributed by atoms with Crippen LogP contribution in [0.4, 0.5) is 0 Å². The fourth-order valence-electron chi connectivity index (χ4n) is 0.960. The molecular weight excluding hydrogens is 178 g/mol. The first-order chi connectivity index (χ1) is 6.81. The molecule has 0 fully saturated rings. The predicted molar refractivity (Wildman–Crippen MR) is 60.5 cm³/mol. The molecule has 0 saturated heterocycles. The van der Waals surface area contributed by atoms with E-state index in [2.05, 4.69) is 17.2 Å². The molecule has 0 unspecified atom stereocenters. The molecule has 4 heteroatoms. The van der Waals surface area contributed by atoms with Crippen molar-refractivity contribution in [2.24, 2.45) is 10.7 Å². The molecule has 0 aromatic heterocycles. The highest BCUT2D eigenvalue weighted by Crippen LogP contribution is 1.85. The van der Waals surface area contributed by atoms with Crippen LogP contribution in [0.2, 0.25) is 0 Å². The topological polar surface area (TPSA) is 59.6 Å². The van der Waals surface area contributed by atoms with Gasteiger partial charge < -0.3 is 15.8 Å². The zero-order valence-electron chi connectivity index (χ0n) is 9.38. The Labute approximate surface area is 86.9 Å². The van der Waals surface area contributed by atoms with Gasteiger partial charge in [0.25, 0.3) is 0 Å². The molecule has 0 rings (SSSR count). The first-order valence-electron chi connectivity index (χ1n) is 5.42. The largest absolute Gasteiger partial charge is 0.382 e. The van der Waals surface area contributed by atoms with Crippen molar-refractivity contribution in [2.75, 3.05) is 26.3 Å². The minimum absolute atomic E-state index is 0.551. The Hall–Kier alpha value is -0.770. The summed E-state index contributed by atoms with van der Waals surface area (Å²) in [6.45, 7) is 7.33. The number of hydrogen-bond acceptors (Lipinski definition) is 2. The van der Waals surface area contributed by atoms with E-state index in [1.165, 1.54) is 6.42 Å². The minimum atomic E-state index is 0.551. The molecule has 14 heavy (non-hydrogen) atoms. The van der Waals surface area contributed by atoms with E-state index in [1.807, 2.05) is 6.92 Å². The van der Waals surface area contributed by atoms with Crippen LogP contribution in [-0.4, -0.2) is 32.3 Å². The molecule has 4 nitrogen and oxygen atoms in total. The number of nitrogens with two attached hydrogens (primary N) is 1. The van der Waals surface area contributed by atoms with Crippen LogP contribution in [0.5, 0.6) is 0 Å². The zero-order valence-corrected chi connectivity index (χ0v) is 9.38. The van der Waals surface area contributed by atoms with Crippen molar-refractivity contribution < 1.29 is 4.74 Å². The molecule has 84 valence electrons. The van der Waals surface area contributed by atoms with Gasteiger partial charge in [-0.1, -0.05) is 13.3 Å².